The molecule has 7 nitrogen and oxygen atoms in total. The Morgan fingerprint density at radius 2 is 1.77 bits per heavy atom. The van der Waals surface area contributed by atoms with Crippen LogP contribution in [0.3, 0.4) is 0 Å². The summed E-state index contributed by atoms with van der Waals surface area (Å²) in [6.45, 7) is 0.249. The topological polar surface area (TPSA) is 74.3 Å². The lowest BCUT2D eigenvalue weighted by Crippen LogP contribution is -2.43. The predicted octanol–water partition coefficient (Wildman–Crippen LogP) is 3.43. The number of esters is 1. The summed E-state index contributed by atoms with van der Waals surface area (Å²) in [6, 6.07) is 10.2. The van der Waals surface area contributed by atoms with E-state index in [2.05, 4.69) is 0 Å². The molecule has 30 heavy (non-hydrogen) atoms. The fourth-order valence-electron chi connectivity index (χ4n) is 3.57. The Kier molecular flexibility index (Phi) is 7.05. The number of carbonyl (C=O) groups is 2. The zero-order valence-corrected chi connectivity index (χ0v) is 17.9. The molecule has 1 aliphatic rings. The first-order valence-corrected chi connectivity index (χ1v) is 9.84. The molecule has 0 aromatic heterocycles. The SMILES string of the molecule is COC(=O)CC1c2cc(OC)c(OC)cc2CCN1C(=O)COc1ccccc1Cl. The number of fused-ring (bicyclic) bond motifs is 1. The zero-order valence-electron chi connectivity index (χ0n) is 17.1. The van der Waals surface area contributed by atoms with Crippen molar-refractivity contribution in [1.29, 1.82) is 0 Å². The Morgan fingerprint density at radius 3 is 2.43 bits per heavy atom. The van der Waals surface area contributed by atoms with E-state index in [0.717, 1.165) is 11.1 Å². The Morgan fingerprint density at radius 1 is 1.07 bits per heavy atom. The van der Waals surface area contributed by atoms with Gasteiger partial charge in [0, 0.05) is 6.54 Å². The maximum Gasteiger partial charge on any atom is 0.307 e. The maximum absolute atomic E-state index is 13.0. The van der Waals surface area contributed by atoms with Crippen LogP contribution >= 0.6 is 11.6 Å². The molecule has 1 amide bonds. The largest absolute Gasteiger partial charge is 0.493 e. The quantitative estimate of drug-likeness (QED) is 0.623. The minimum atomic E-state index is -0.497. The van der Waals surface area contributed by atoms with Gasteiger partial charge in [0.05, 0.1) is 38.8 Å². The smallest absolute Gasteiger partial charge is 0.307 e. The molecule has 1 unspecified atom stereocenters. The molecular formula is C22H24ClNO6. The molecule has 0 bridgehead atoms. The Balaban J connectivity index is 1.87. The molecule has 1 aliphatic heterocycles. The number of benzene rings is 2. The number of para-hydroxylation sites is 1. The second-order valence-electron chi connectivity index (χ2n) is 6.76. The number of rotatable bonds is 7. The van der Waals surface area contributed by atoms with Crippen LogP contribution in [-0.2, 0) is 20.7 Å². The van der Waals surface area contributed by atoms with Crippen LogP contribution in [0.25, 0.3) is 0 Å². The molecule has 2 aromatic rings. The van der Waals surface area contributed by atoms with Crippen LogP contribution in [0.1, 0.15) is 23.6 Å². The zero-order chi connectivity index (χ0) is 21.7. The third kappa shape index (κ3) is 4.62. The van der Waals surface area contributed by atoms with E-state index >= 15 is 0 Å². The van der Waals surface area contributed by atoms with Gasteiger partial charge in [-0.2, -0.15) is 0 Å². The molecular weight excluding hydrogens is 410 g/mol. The van der Waals surface area contributed by atoms with Crippen molar-refractivity contribution in [1.82, 2.24) is 4.90 Å². The normalized spacial score (nSPS) is 15.2. The number of ether oxygens (including phenoxy) is 4. The van der Waals surface area contributed by atoms with Crippen LogP contribution in [0.2, 0.25) is 5.02 Å². The number of hydrogen-bond donors (Lipinski definition) is 0. The van der Waals surface area contributed by atoms with E-state index in [-0.39, 0.29) is 18.9 Å². The number of halogens is 1. The van der Waals surface area contributed by atoms with E-state index in [1.165, 1.54) is 7.11 Å². The lowest BCUT2D eigenvalue weighted by atomic mass is 9.90. The standard InChI is InChI=1S/C22H24ClNO6/c1-27-19-10-14-8-9-24(21(25)13-30-18-7-5-4-6-16(18)23)17(12-22(26)29-3)15(14)11-20(19)28-2/h4-7,10-11,17H,8-9,12-13H2,1-3H3. The summed E-state index contributed by atoms with van der Waals surface area (Å²) in [6.07, 6.45) is 0.641. The first-order chi connectivity index (χ1) is 14.5. The highest BCUT2D eigenvalue weighted by Gasteiger charge is 2.34. The van der Waals surface area contributed by atoms with Crippen LogP contribution in [0.15, 0.2) is 36.4 Å². The summed E-state index contributed by atoms with van der Waals surface area (Å²) >= 11 is 6.10. The van der Waals surface area contributed by atoms with Crippen LogP contribution in [0.5, 0.6) is 17.2 Å². The van der Waals surface area contributed by atoms with E-state index in [9.17, 15) is 9.59 Å². The maximum atomic E-state index is 13.0. The summed E-state index contributed by atoms with van der Waals surface area (Å²) in [4.78, 5) is 26.7. The Hall–Kier alpha value is -2.93. The van der Waals surface area contributed by atoms with Gasteiger partial charge in [0.25, 0.3) is 5.91 Å². The number of methoxy groups -OCH3 is 3. The molecule has 0 saturated carbocycles. The third-order valence-corrected chi connectivity index (χ3v) is 5.41. The van der Waals surface area contributed by atoms with Gasteiger partial charge >= 0.3 is 5.97 Å². The number of nitrogens with zero attached hydrogens (tertiary/aromatic N) is 1. The molecule has 1 atom stereocenters. The number of hydrogen-bond acceptors (Lipinski definition) is 6. The molecule has 8 heteroatoms. The molecule has 0 fully saturated rings. The van der Waals surface area contributed by atoms with Gasteiger partial charge in [0.1, 0.15) is 5.75 Å². The molecule has 2 aromatic carbocycles. The highest BCUT2D eigenvalue weighted by Crippen LogP contribution is 2.39. The average Bonchev–Trinajstić information content (AvgIpc) is 2.77. The number of amides is 1. The molecule has 3 rings (SSSR count). The molecule has 1 heterocycles. The Labute approximate surface area is 180 Å². The van der Waals surface area contributed by atoms with Crippen molar-refractivity contribution in [3.63, 3.8) is 0 Å². The molecule has 0 radical (unpaired) electrons. The lowest BCUT2D eigenvalue weighted by Gasteiger charge is -2.37. The highest BCUT2D eigenvalue weighted by atomic mass is 35.5. The van der Waals surface area contributed by atoms with Crippen LogP contribution < -0.4 is 14.2 Å². The second kappa shape index (κ2) is 9.71. The molecule has 0 aliphatic carbocycles. The monoisotopic (exact) mass is 433 g/mol. The number of carbonyl (C=O) groups excluding carboxylic acids is 2. The van der Waals surface area contributed by atoms with Crippen LogP contribution in [0.4, 0.5) is 0 Å². The van der Waals surface area contributed by atoms with Crippen molar-refractivity contribution >= 4 is 23.5 Å². The average molecular weight is 434 g/mol. The minimum Gasteiger partial charge on any atom is -0.493 e. The van der Waals surface area contributed by atoms with E-state index in [1.807, 2.05) is 12.1 Å². The van der Waals surface area contributed by atoms with Gasteiger partial charge in [-0.1, -0.05) is 23.7 Å². The van der Waals surface area contributed by atoms with Gasteiger partial charge in [-0.15, -0.1) is 0 Å². The van der Waals surface area contributed by atoms with Gasteiger partial charge < -0.3 is 23.8 Å². The predicted molar refractivity (Wildman–Crippen MR) is 111 cm³/mol. The first kappa shape index (κ1) is 21.8. The van der Waals surface area contributed by atoms with E-state index in [0.29, 0.717) is 35.2 Å². The van der Waals surface area contributed by atoms with Gasteiger partial charge in [-0.25, -0.2) is 0 Å². The van der Waals surface area contributed by atoms with E-state index in [1.54, 1.807) is 43.4 Å². The summed E-state index contributed by atoms with van der Waals surface area (Å²) in [7, 11) is 4.44. The highest BCUT2D eigenvalue weighted by molar-refractivity contribution is 6.32. The summed E-state index contributed by atoms with van der Waals surface area (Å²) in [5.41, 5.74) is 1.83. The third-order valence-electron chi connectivity index (χ3n) is 5.10. The summed E-state index contributed by atoms with van der Waals surface area (Å²) in [5.74, 6) is 0.917. The van der Waals surface area contributed by atoms with Crippen LogP contribution in [-0.4, -0.2) is 51.3 Å². The fraction of sp³-hybridized carbons (Fsp3) is 0.364. The fourth-order valence-corrected chi connectivity index (χ4v) is 3.76. The first-order valence-electron chi connectivity index (χ1n) is 9.46. The van der Waals surface area contributed by atoms with Gasteiger partial charge in [0.2, 0.25) is 0 Å². The van der Waals surface area contributed by atoms with Gasteiger partial charge in [-0.3, -0.25) is 9.59 Å². The Bertz CT molecular complexity index is 932. The van der Waals surface area contributed by atoms with Gasteiger partial charge in [-0.05, 0) is 41.8 Å². The summed E-state index contributed by atoms with van der Waals surface area (Å²) in [5, 5.41) is 0.428. The molecule has 160 valence electrons. The lowest BCUT2D eigenvalue weighted by molar-refractivity contribution is -0.144. The van der Waals surface area contributed by atoms with E-state index < -0.39 is 12.0 Å². The van der Waals surface area contributed by atoms with Crippen LogP contribution in [0, 0.1) is 0 Å². The van der Waals surface area contributed by atoms with Crippen molar-refractivity contribution in [2.24, 2.45) is 0 Å². The summed E-state index contributed by atoms with van der Waals surface area (Å²) < 4.78 is 21.3. The molecule has 0 N–H and O–H groups in total. The molecule has 0 spiro atoms. The van der Waals surface area contributed by atoms with Crippen molar-refractivity contribution in [2.75, 3.05) is 34.5 Å². The van der Waals surface area contributed by atoms with Crippen molar-refractivity contribution in [3.05, 3.63) is 52.5 Å². The van der Waals surface area contributed by atoms with Crippen molar-refractivity contribution in [2.45, 2.75) is 18.9 Å². The van der Waals surface area contributed by atoms with Gasteiger partial charge in [0.15, 0.2) is 18.1 Å². The van der Waals surface area contributed by atoms with E-state index in [4.69, 9.17) is 30.5 Å². The molecule has 0 saturated heterocycles. The van der Waals surface area contributed by atoms with Crippen molar-refractivity contribution < 1.29 is 28.5 Å². The van der Waals surface area contributed by atoms with Crippen molar-refractivity contribution in [3.8, 4) is 17.2 Å². The minimum absolute atomic E-state index is 0.0246. The second-order valence-corrected chi connectivity index (χ2v) is 7.17.